The van der Waals surface area contributed by atoms with E-state index in [4.69, 9.17) is 0 Å². The molecule has 2 aromatic carbocycles. The molecule has 0 saturated carbocycles. The Labute approximate surface area is 143 Å². The van der Waals surface area contributed by atoms with Gasteiger partial charge in [0.1, 0.15) is 0 Å². The van der Waals surface area contributed by atoms with E-state index in [0.717, 1.165) is 12.1 Å². The van der Waals surface area contributed by atoms with Crippen LogP contribution in [-0.2, 0) is 18.5 Å². The van der Waals surface area contributed by atoms with Crippen molar-refractivity contribution in [2.24, 2.45) is 0 Å². The van der Waals surface area contributed by atoms with Crippen LogP contribution in [0.1, 0.15) is 22.3 Å². The molecule has 0 aliphatic rings. The molecule has 26 heavy (non-hydrogen) atoms. The predicted octanol–water partition coefficient (Wildman–Crippen LogP) is 5.68. The van der Waals surface area contributed by atoms with Crippen LogP contribution in [0, 0.1) is 6.92 Å². The largest absolute Gasteiger partial charge is 0.416 e. The van der Waals surface area contributed by atoms with Crippen LogP contribution in [0.4, 0.5) is 39.5 Å². The molecular weight excluding hydrogens is 394 g/mol. The van der Waals surface area contributed by atoms with Crippen molar-refractivity contribution in [3.63, 3.8) is 0 Å². The molecule has 1 atom stereocenters. The van der Waals surface area contributed by atoms with E-state index in [9.17, 15) is 39.5 Å². The lowest BCUT2D eigenvalue weighted by molar-refractivity contribution is -0.143. The number of halogens is 9. The standard InChI is InChI=1S/C16H10F9P/c1-8-2-9(14(17,18)19)5-12(3-8)26-13-6-10(15(20,21)22)4-11(7-13)16(23,24)25/h2-7,26H,1H3. The summed E-state index contributed by atoms with van der Waals surface area (Å²) in [6.45, 7) is 1.36. The van der Waals surface area contributed by atoms with E-state index in [2.05, 4.69) is 0 Å². The van der Waals surface area contributed by atoms with E-state index in [1.807, 2.05) is 0 Å². The van der Waals surface area contributed by atoms with Gasteiger partial charge in [0.25, 0.3) is 0 Å². The van der Waals surface area contributed by atoms with Crippen molar-refractivity contribution in [2.45, 2.75) is 25.5 Å². The van der Waals surface area contributed by atoms with Gasteiger partial charge in [-0.2, -0.15) is 39.5 Å². The first-order chi connectivity index (χ1) is 11.7. The average molecular weight is 404 g/mol. The second-order valence-electron chi connectivity index (χ2n) is 5.51. The summed E-state index contributed by atoms with van der Waals surface area (Å²) >= 11 is 0. The van der Waals surface area contributed by atoms with E-state index >= 15 is 0 Å². The highest BCUT2D eigenvalue weighted by Crippen LogP contribution is 2.36. The molecule has 1 unspecified atom stereocenters. The summed E-state index contributed by atoms with van der Waals surface area (Å²) in [7, 11) is -0.800. The number of benzene rings is 2. The third-order valence-electron chi connectivity index (χ3n) is 3.28. The maximum atomic E-state index is 12.8. The molecule has 0 amide bonds. The van der Waals surface area contributed by atoms with Crippen LogP contribution >= 0.6 is 8.58 Å². The molecule has 0 aromatic heterocycles. The lowest BCUT2D eigenvalue weighted by Gasteiger charge is -2.15. The molecule has 142 valence electrons. The highest BCUT2D eigenvalue weighted by atomic mass is 31.1. The number of hydrogen-bond acceptors (Lipinski definition) is 0. The average Bonchev–Trinajstić information content (AvgIpc) is 2.43. The fourth-order valence-corrected chi connectivity index (χ4v) is 3.53. The first-order valence-corrected chi connectivity index (χ1v) is 7.91. The summed E-state index contributed by atoms with van der Waals surface area (Å²) in [4.78, 5) is 0. The topological polar surface area (TPSA) is 0 Å². The lowest BCUT2D eigenvalue weighted by Crippen LogP contribution is -2.17. The third-order valence-corrected chi connectivity index (χ3v) is 4.44. The van der Waals surface area contributed by atoms with Gasteiger partial charge in [0, 0.05) is 0 Å². The molecule has 0 aliphatic carbocycles. The Morgan fingerprint density at radius 1 is 0.538 bits per heavy atom. The zero-order chi connectivity index (χ0) is 19.9. The third kappa shape index (κ3) is 5.13. The Bertz CT molecular complexity index is 769. The maximum absolute atomic E-state index is 12.8. The first-order valence-electron chi connectivity index (χ1n) is 6.91. The van der Waals surface area contributed by atoms with Gasteiger partial charge in [-0.15, -0.1) is 0 Å². The lowest BCUT2D eigenvalue weighted by atomic mass is 10.1. The minimum Gasteiger partial charge on any atom is -0.166 e. The number of hydrogen-bond donors (Lipinski definition) is 0. The highest BCUT2D eigenvalue weighted by molar-refractivity contribution is 7.55. The van der Waals surface area contributed by atoms with Crippen molar-refractivity contribution in [3.8, 4) is 0 Å². The monoisotopic (exact) mass is 404 g/mol. The van der Waals surface area contributed by atoms with Crippen molar-refractivity contribution in [1.82, 2.24) is 0 Å². The van der Waals surface area contributed by atoms with Crippen LogP contribution in [0.5, 0.6) is 0 Å². The van der Waals surface area contributed by atoms with E-state index in [-0.39, 0.29) is 22.2 Å². The normalized spacial score (nSPS) is 13.6. The molecule has 0 N–H and O–H groups in total. The summed E-state index contributed by atoms with van der Waals surface area (Å²) < 4.78 is 116. The minimum atomic E-state index is -5.01. The van der Waals surface area contributed by atoms with Gasteiger partial charge >= 0.3 is 18.5 Å². The predicted molar refractivity (Wildman–Crippen MR) is 80.2 cm³/mol. The minimum absolute atomic E-state index is 0.00947. The van der Waals surface area contributed by atoms with Crippen LogP contribution < -0.4 is 10.6 Å². The van der Waals surface area contributed by atoms with Crippen molar-refractivity contribution in [2.75, 3.05) is 0 Å². The van der Waals surface area contributed by atoms with Crippen LogP contribution in [0.2, 0.25) is 0 Å². The van der Waals surface area contributed by atoms with E-state index < -0.39 is 43.8 Å². The molecule has 0 aliphatic heterocycles. The van der Waals surface area contributed by atoms with Gasteiger partial charge in [-0.3, -0.25) is 0 Å². The smallest absolute Gasteiger partial charge is 0.166 e. The summed E-state index contributed by atoms with van der Waals surface area (Å²) in [6.07, 6.45) is -14.7. The Morgan fingerprint density at radius 3 is 1.27 bits per heavy atom. The second kappa shape index (κ2) is 6.76. The molecule has 0 bridgehead atoms. The molecule has 0 saturated heterocycles. The zero-order valence-corrected chi connectivity index (χ0v) is 13.9. The highest BCUT2D eigenvalue weighted by Gasteiger charge is 2.37. The van der Waals surface area contributed by atoms with Gasteiger partial charge in [-0.1, -0.05) is 14.6 Å². The van der Waals surface area contributed by atoms with Crippen molar-refractivity contribution < 1.29 is 39.5 Å². The molecule has 2 rings (SSSR count). The molecule has 0 heterocycles. The van der Waals surface area contributed by atoms with Crippen molar-refractivity contribution >= 4 is 19.2 Å². The van der Waals surface area contributed by atoms with E-state index in [1.54, 1.807) is 0 Å². The summed E-state index contributed by atoms with van der Waals surface area (Å²) in [6, 6.07) is 3.87. The summed E-state index contributed by atoms with van der Waals surface area (Å²) in [5.74, 6) is 0. The fraction of sp³-hybridized carbons (Fsp3) is 0.250. The molecule has 0 fully saturated rings. The van der Waals surface area contributed by atoms with Crippen LogP contribution in [0.25, 0.3) is 0 Å². The van der Waals surface area contributed by atoms with Gasteiger partial charge < -0.3 is 0 Å². The van der Waals surface area contributed by atoms with Gasteiger partial charge in [0.15, 0.2) is 0 Å². The maximum Gasteiger partial charge on any atom is 0.416 e. The second-order valence-corrected chi connectivity index (χ2v) is 6.91. The first kappa shape index (κ1) is 20.6. The van der Waals surface area contributed by atoms with Gasteiger partial charge in [-0.25, -0.2) is 0 Å². The van der Waals surface area contributed by atoms with Gasteiger partial charge in [-0.05, 0) is 53.4 Å². The van der Waals surface area contributed by atoms with Crippen molar-refractivity contribution in [1.29, 1.82) is 0 Å². The van der Waals surface area contributed by atoms with Gasteiger partial charge in [0.2, 0.25) is 0 Å². The van der Waals surface area contributed by atoms with Crippen LogP contribution in [0.3, 0.4) is 0 Å². The molecule has 10 heteroatoms. The SMILES string of the molecule is Cc1cc(Pc2cc(C(F)(F)F)cc(C(F)(F)F)c2)cc(C(F)(F)F)c1. The Kier molecular flexibility index (Phi) is 5.34. The summed E-state index contributed by atoms with van der Waals surface area (Å²) in [5.41, 5.74) is -3.81. The molecule has 2 aromatic rings. The van der Waals surface area contributed by atoms with Crippen molar-refractivity contribution in [3.05, 3.63) is 58.7 Å². The van der Waals surface area contributed by atoms with Crippen LogP contribution in [-0.4, -0.2) is 0 Å². The molecule has 0 nitrogen and oxygen atoms in total. The molecular formula is C16H10F9P. The van der Waals surface area contributed by atoms with Gasteiger partial charge in [0.05, 0.1) is 16.7 Å². The summed E-state index contributed by atoms with van der Waals surface area (Å²) in [5, 5.41) is -0.365. The molecule has 0 spiro atoms. The Morgan fingerprint density at radius 2 is 0.885 bits per heavy atom. The Balaban J connectivity index is 2.51. The number of alkyl halides is 9. The number of aryl methyl sites for hydroxylation is 1. The molecule has 0 radical (unpaired) electrons. The Hall–Kier alpha value is -1.76. The van der Waals surface area contributed by atoms with E-state index in [0.29, 0.717) is 12.1 Å². The van der Waals surface area contributed by atoms with E-state index in [1.165, 1.54) is 13.0 Å². The number of rotatable bonds is 2. The fourth-order valence-electron chi connectivity index (χ4n) is 2.21. The van der Waals surface area contributed by atoms with Crippen LogP contribution in [0.15, 0.2) is 36.4 Å². The zero-order valence-electron chi connectivity index (χ0n) is 12.9. The quantitative estimate of drug-likeness (QED) is 0.446.